The van der Waals surface area contributed by atoms with Crippen LogP contribution in [0.5, 0.6) is 11.5 Å². The summed E-state index contributed by atoms with van der Waals surface area (Å²) in [6.45, 7) is -0.262. The molecule has 0 saturated carbocycles. The Morgan fingerprint density at radius 1 is 1.25 bits per heavy atom. The first-order valence-corrected chi connectivity index (χ1v) is 5.79. The third kappa shape index (κ3) is 2.68. The standard InChI is InChI=1S/C12H14O8/c13-6-4-19-12(10(16)9(6)15)20-7-3-1-2-5(8(7)14)11(17)18/h1-3,6,9-10,12-16H,4H2,(H,17,18). The summed E-state index contributed by atoms with van der Waals surface area (Å²) in [5, 5.41) is 47.1. The second-order valence-corrected chi connectivity index (χ2v) is 4.33. The second-order valence-electron chi connectivity index (χ2n) is 4.33. The first-order chi connectivity index (χ1) is 9.41. The number of aliphatic hydroxyl groups excluding tert-OH is 3. The molecule has 1 saturated heterocycles. The van der Waals surface area contributed by atoms with Crippen molar-refractivity contribution in [3.8, 4) is 11.5 Å². The van der Waals surface area contributed by atoms with Crippen LogP contribution in [0.3, 0.4) is 0 Å². The zero-order chi connectivity index (χ0) is 14.9. The number of para-hydroxylation sites is 1. The molecule has 1 aromatic carbocycles. The molecule has 0 aromatic heterocycles. The van der Waals surface area contributed by atoms with Gasteiger partial charge in [0.2, 0.25) is 6.29 Å². The van der Waals surface area contributed by atoms with Crippen LogP contribution in [0.1, 0.15) is 10.4 Å². The van der Waals surface area contributed by atoms with Gasteiger partial charge in [0.1, 0.15) is 23.9 Å². The first-order valence-electron chi connectivity index (χ1n) is 5.79. The van der Waals surface area contributed by atoms with E-state index in [1.807, 2.05) is 0 Å². The van der Waals surface area contributed by atoms with E-state index in [1.165, 1.54) is 18.2 Å². The summed E-state index contributed by atoms with van der Waals surface area (Å²) in [5.41, 5.74) is -0.367. The van der Waals surface area contributed by atoms with Crippen molar-refractivity contribution in [3.05, 3.63) is 23.8 Å². The number of hydrogen-bond donors (Lipinski definition) is 5. The molecule has 110 valence electrons. The molecule has 0 amide bonds. The summed E-state index contributed by atoms with van der Waals surface area (Å²) < 4.78 is 10.1. The van der Waals surface area contributed by atoms with Gasteiger partial charge >= 0.3 is 5.97 Å². The minimum Gasteiger partial charge on any atom is -0.504 e. The van der Waals surface area contributed by atoms with E-state index in [1.54, 1.807) is 0 Å². The third-order valence-electron chi connectivity index (χ3n) is 2.93. The van der Waals surface area contributed by atoms with Gasteiger partial charge in [0.15, 0.2) is 11.5 Å². The molecule has 4 atom stereocenters. The number of benzene rings is 1. The normalized spacial score (nSPS) is 29.9. The summed E-state index contributed by atoms with van der Waals surface area (Å²) in [5.74, 6) is -2.16. The predicted octanol–water partition coefficient (Wildman–Crippen LogP) is -1.09. The fourth-order valence-electron chi connectivity index (χ4n) is 1.80. The molecule has 0 aliphatic carbocycles. The van der Waals surface area contributed by atoms with Crippen LogP contribution in [0.25, 0.3) is 0 Å². The van der Waals surface area contributed by atoms with Gasteiger partial charge in [-0.2, -0.15) is 0 Å². The van der Waals surface area contributed by atoms with Crippen molar-refractivity contribution in [1.82, 2.24) is 0 Å². The largest absolute Gasteiger partial charge is 0.504 e. The number of phenols is 1. The van der Waals surface area contributed by atoms with Crippen LogP contribution in [0.4, 0.5) is 0 Å². The zero-order valence-corrected chi connectivity index (χ0v) is 10.2. The van der Waals surface area contributed by atoms with Gasteiger partial charge in [-0.15, -0.1) is 0 Å². The Bertz CT molecular complexity index is 502. The molecular formula is C12H14O8. The van der Waals surface area contributed by atoms with Gasteiger partial charge in [-0.3, -0.25) is 0 Å². The average Bonchev–Trinajstić information content (AvgIpc) is 2.41. The van der Waals surface area contributed by atoms with Crippen molar-refractivity contribution < 1.29 is 39.8 Å². The number of carboxylic acid groups (broad SMARTS) is 1. The smallest absolute Gasteiger partial charge is 0.339 e. The van der Waals surface area contributed by atoms with Gasteiger partial charge in [0, 0.05) is 0 Å². The Balaban J connectivity index is 2.18. The number of carboxylic acids is 1. The Labute approximate surface area is 113 Å². The molecule has 0 radical (unpaired) electrons. The molecule has 4 unspecified atom stereocenters. The summed E-state index contributed by atoms with van der Waals surface area (Å²) in [6, 6.07) is 3.82. The van der Waals surface area contributed by atoms with Crippen LogP contribution in [0.2, 0.25) is 0 Å². The molecule has 2 rings (SSSR count). The maximum atomic E-state index is 10.9. The number of rotatable bonds is 3. The average molecular weight is 286 g/mol. The topological polar surface area (TPSA) is 137 Å². The van der Waals surface area contributed by atoms with E-state index < -0.39 is 36.3 Å². The van der Waals surface area contributed by atoms with Crippen molar-refractivity contribution >= 4 is 5.97 Å². The van der Waals surface area contributed by atoms with Gasteiger partial charge in [0.25, 0.3) is 0 Å². The Kier molecular flexibility index (Phi) is 4.09. The van der Waals surface area contributed by atoms with E-state index >= 15 is 0 Å². The molecule has 1 aromatic rings. The molecule has 8 nitrogen and oxygen atoms in total. The lowest BCUT2D eigenvalue weighted by Crippen LogP contribution is -2.54. The highest BCUT2D eigenvalue weighted by atomic mass is 16.7. The summed E-state index contributed by atoms with van der Waals surface area (Å²) in [6.07, 6.45) is -5.57. The fraction of sp³-hybridized carbons (Fsp3) is 0.417. The second kappa shape index (κ2) is 5.63. The summed E-state index contributed by atoms with van der Waals surface area (Å²) in [4.78, 5) is 10.9. The number of aromatic carboxylic acids is 1. The number of hydrogen-bond acceptors (Lipinski definition) is 7. The Morgan fingerprint density at radius 2 is 1.95 bits per heavy atom. The number of aliphatic hydroxyl groups is 3. The van der Waals surface area contributed by atoms with Crippen LogP contribution in [0, 0.1) is 0 Å². The minimum atomic E-state index is -1.54. The van der Waals surface area contributed by atoms with Crippen molar-refractivity contribution in [2.75, 3.05) is 6.61 Å². The quantitative estimate of drug-likeness (QED) is 0.472. The van der Waals surface area contributed by atoms with Gasteiger partial charge in [-0.1, -0.05) is 6.07 Å². The van der Waals surface area contributed by atoms with Gasteiger partial charge < -0.3 is 35.0 Å². The summed E-state index contributed by atoms with van der Waals surface area (Å²) in [7, 11) is 0. The number of ether oxygens (including phenoxy) is 2. The van der Waals surface area contributed by atoms with Gasteiger partial charge in [0.05, 0.1) is 6.61 Å². The van der Waals surface area contributed by atoms with Crippen LogP contribution in [-0.4, -0.2) is 62.7 Å². The molecule has 1 fully saturated rings. The molecule has 0 spiro atoms. The van der Waals surface area contributed by atoms with Crippen LogP contribution < -0.4 is 4.74 Å². The van der Waals surface area contributed by atoms with Crippen LogP contribution >= 0.6 is 0 Å². The number of carbonyl (C=O) groups is 1. The number of aromatic hydroxyl groups is 1. The third-order valence-corrected chi connectivity index (χ3v) is 2.93. The molecule has 1 aliphatic heterocycles. The molecular weight excluding hydrogens is 272 g/mol. The Morgan fingerprint density at radius 3 is 2.60 bits per heavy atom. The van der Waals surface area contributed by atoms with E-state index in [0.29, 0.717) is 0 Å². The van der Waals surface area contributed by atoms with Crippen molar-refractivity contribution in [2.24, 2.45) is 0 Å². The maximum Gasteiger partial charge on any atom is 0.339 e. The monoisotopic (exact) mass is 286 g/mol. The molecule has 8 heteroatoms. The first kappa shape index (κ1) is 14.5. The molecule has 0 bridgehead atoms. The molecule has 5 N–H and O–H groups in total. The Hall–Kier alpha value is -1.87. The van der Waals surface area contributed by atoms with E-state index in [2.05, 4.69) is 0 Å². The molecule has 1 aliphatic rings. The zero-order valence-electron chi connectivity index (χ0n) is 10.2. The van der Waals surface area contributed by atoms with Gasteiger partial charge in [-0.05, 0) is 12.1 Å². The molecule has 1 heterocycles. The van der Waals surface area contributed by atoms with E-state index in [4.69, 9.17) is 14.6 Å². The van der Waals surface area contributed by atoms with E-state index in [9.17, 15) is 25.2 Å². The van der Waals surface area contributed by atoms with Crippen LogP contribution in [0.15, 0.2) is 18.2 Å². The van der Waals surface area contributed by atoms with E-state index in [0.717, 1.165) is 0 Å². The lowest BCUT2D eigenvalue weighted by molar-refractivity contribution is -0.242. The van der Waals surface area contributed by atoms with Gasteiger partial charge in [-0.25, -0.2) is 4.79 Å². The van der Waals surface area contributed by atoms with Crippen molar-refractivity contribution in [2.45, 2.75) is 24.6 Å². The fourth-order valence-corrected chi connectivity index (χ4v) is 1.80. The van der Waals surface area contributed by atoms with E-state index in [-0.39, 0.29) is 17.9 Å². The summed E-state index contributed by atoms with van der Waals surface area (Å²) >= 11 is 0. The van der Waals surface area contributed by atoms with Crippen molar-refractivity contribution in [1.29, 1.82) is 0 Å². The SMILES string of the molecule is O=C(O)c1cccc(OC2OCC(O)C(O)C2O)c1O. The highest BCUT2D eigenvalue weighted by Gasteiger charge is 2.39. The highest BCUT2D eigenvalue weighted by molar-refractivity contribution is 5.91. The van der Waals surface area contributed by atoms with Crippen molar-refractivity contribution in [3.63, 3.8) is 0 Å². The lowest BCUT2D eigenvalue weighted by Gasteiger charge is -2.35. The highest BCUT2D eigenvalue weighted by Crippen LogP contribution is 2.32. The molecule has 20 heavy (non-hydrogen) atoms. The minimum absolute atomic E-state index is 0.211. The maximum absolute atomic E-state index is 10.9. The van der Waals surface area contributed by atoms with Crippen LogP contribution in [-0.2, 0) is 4.74 Å². The predicted molar refractivity (Wildman–Crippen MR) is 63.5 cm³/mol. The lowest BCUT2D eigenvalue weighted by atomic mass is 10.1.